The fourth-order valence-corrected chi connectivity index (χ4v) is 3.09. The standard InChI is InChI=1S/C22H21ClN2O3/c1-16(26)25(15-17-9-11-19(23)12-10-17)21(18-6-3-2-4-7-18)22(27)24-14-20-8-5-13-28-20/h2-13,21H,14-15H2,1H3,(H,24,27)/t21-/m1/s1. The van der Waals surface area contributed by atoms with Crippen molar-refractivity contribution in [2.75, 3.05) is 0 Å². The number of amides is 2. The number of nitrogens with one attached hydrogen (secondary N) is 1. The maximum absolute atomic E-state index is 13.1. The fourth-order valence-electron chi connectivity index (χ4n) is 2.96. The molecule has 144 valence electrons. The molecule has 1 heterocycles. The van der Waals surface area contributed by atoms with Gasteiger partial charge in [0.05, 0.1) is 12.8 Å². The number of hydrogen-bond donors (Lipinski definition) is 1. The van der Waals surface area contributed by atoms with Crippen molar-refractivity contribution < 1.29 is 14.0 Å². The normalized spacial score (nSPS) is 11.6. The molecule has 0 bridgehead atoms. The predicted molar refractivity (Wildman–Crippen MR) is 107 cm³/mol. The number of furan rings is 1. The van der Waals surface area contributed by atoms with Crippen LogP contribution >= 0.6 is 11.6 Å². The number of rotatable bonds is 7. The molecule has 0 aliphatic carbocycles. The molecule has 3 rings (SSSR count). The van der Waals surface area contributed by atoms with E-state index in [4.69, 9.17) is 16.0 Å². The zero-order valence-corrected chi connectivity index (χ0v) is 16.2. The lowest BCUT2D eigenvalue weighted by atomic mass is 10.0. The molecule has 28 heavy (non-hydrogen) atoms. The van der Waals surface area contributed by atoms with Crippen LogP contribution in [-0.4, -0.2) is 16.7 Å². The van der Waals surface area contributed by atoms with Gasteiger partial charge in [-0.25, -0.2) is 0 Å². The summed E-state index contributed by atoms with van der Waals surface area (Å²) in [6, 6.07) is 19.3. The van der Waals surface area contributed by atoms with Gasteiger partial charge in [0.1, 0.15) is 11.8 Å². The van der Waals surface area contributed by atoms with Gasteiger partial charge in [-0.1, -0.05) is 54.1 Å². The van der Waals surface area contributed by atoms with Crippen molar-refractivity contribution in [3.63, 3.8) is 0 Å². The monoisotopic (exact) mass is 396 g/mol. The molecule has 3 aromatic rings. The summed E-state index contributed by atoms with van der Waals surface area (Å²) in [7, 11) is 0. The zero-order chi connectivity index (χ0) is 19.9. The highest BCUT2D eigenvalue weighted by molar-refractivity contribution is 6.30. The molecule has 0 saturated carbocycles. The van der Waals surface area contributed by atoms with Gasteiger partial charge < -0.3 is 14.6 Å². The quantitative estimate of drug-likeness (QED) is 0.646. The van der Waals surface area contributed by atoms with Crippen LogP contribution in [0.4, 0.5) is 0 Å². The van der Waals surface area contributed by atoms with Gasteiger partial charge in [-0.15, -0.1) is 0 Å². The maximum Gasteiger partial charge on any atom is 0.247 e. The summed E-state index contributed by atoms with van der Waals surface area (Å²) >= 11 is 5.96. The largest absolute Gasteiger partial charge is 0.467 e. The first-order valence-electron chi connectivity index (χ1n) is 8.91. The highest BCUT2D eigenvalue weighted by Crippen LogP contribution is 2.24. The summed E-state index contributed by atoms with van der Waals surface area (Å²) in [5, 5.41) is 3.49. The minimum atomic E-state index is -0.760. The molecule has 0 radical (unpaired) electrons. The Morgan fingerprint density at radius 1 is 1.04 bits per heavy atom. The van der Waals surface area contributed by atoms with Crippen LogP contribution in [0.2, 0.25) is 5.02 Å². The van der Waals surface area contributed by atoms with E-state index < -0.39 is 6.04 Å². The van der Waals surface area contributed by atoms with E-state index in [9.17, 15) is 9.59 Å². The van der Waals surface area contributed by atoms with Crippen molar-refractivity contribution in [2.45, 2.75) is 26.1 Å². The summed E-state index contributed by atoms with van der Waals surface area (Å²) in [6.45, 7) is 2.01. The molecule has 0 unspecified atom stereocenters. The Morgan fingerprint density at radius 3 is 2.36 bits per heavy atom. The smallest absolute Gasteiger partial charge is 0.247 e. The first-order valence-corrected chi connectivity index (χ1v) is 9.29. The van der Waals surface area contributed by atoms with Crippen molar-refractivity contribution in [1.82, 2.24) is 10.2 Å². The van der Waals surface area contributed by atoms with Crippen LogP contribution in [-0.2, 0) is 22.7 Å². The Balaban J connectivity index is 1.87. The minimum absolute atomic E-state index is 0.197. The van der Waals surface area contributed by atoms with Crippen molar-refractivity contribution in [3.05, 3.63) is 94.9 Å². The van der Waals surface area contributed by atoms with E-state index in [1.54, 1.807) is 35.4 Å². The molecule has 1 atom stereocenters. The number of benzene rings is 2. The van der Waals surface area contributed by atoms with Gasteiger partial charge in [0.2, 0.25) is 11.8 Å². The van der Waals surface area contributed by atoms with Gasteiger partial charge in [0.15, 0.2) is 0 Å². The van der Waals surface area contributed by atoms with E-state index in [0.717, 1.165) is 11.1 Å². The topological polar surface area (TPSA) is 62.6 Å². The molecule has 0 aliphatic rings. The zero-order valence-electron chi connectivity index (χ0n) is 15.5. The average molecular weight is 397 g/mol. The highest BCUT2D eigenvalue weighted by atomic mass is 35.5. The number of carbonyl (C=O) groups excluding carboxylic acids is 2. The molecule has 0 fully saturated rings. The summed E-state index contributed by atoms with van der Waals surface area (Å²) in [5.74, 6) is 0.177. The average Bonchev–Trinajstić information content (AvgIpc) is 3.22. The predicted octanol–water partition coefficient (Wildman–Crippen LogP) is 4.34. The van der Waals surface area contributed by atoms with Crippen molar-refractivity contribution in [1.29, 1.82) is 0 Å². The van der Waals surface area contributed by atoms with E-state index >= 15 is 0 Å². The Kier molecular flexibility index (Phi) is 6.50. The molecular formula is C22H21ClN2O3. The highest BCUT2D eigenvalue weighted by Gasteiger charge is 2.29. The molecule has 1 aromatic heterocycles. The summed E-state index contributed by atoms with van der Waals surface area (Å²) in [6.07, 6.45) is 1.55. The second kappa shape index (κ2) is 9.24. The third kappa shape index (κ3) is 5.02. The van der Waals surface area contributed by atoms with Crippen molar-refractivity contribution in [3.8, 4) is 0 Å². The Labute approximate surface area is 168 Å². The first-order chi connectivity index (χ1) is 13.5. The molecule has 0 aliphatic heterocycles. The molecule has 2 amide bonds. The van der Waals surface area contributed by atoms with Gasteiger partial charge in [-0.3, -0.25) is 9.59 Å². The lowest BCUT2D eigenvalue weighted by molar-refractivity contribution is -0.140. The van der Waals surface area contributed by atoms with Gasteiger partial charge in [0, 0.05) is 18.5 Å². The van der Waals surface area contributed by atoms with Crippen LogP contribution in [0.1, 0.15) is 29.9 Å². The number of halogens is 1. The van der Waals surface area contributed by atoms with E-state index in [-0.39, 0.29) is 18.4 Å². The van der Waals surface area contributed by atoms with Gasteiger partial charge in [-0.05, 0) is 35.4 Å². The fraction of sp³-hybridized carbons (Fsp3) is 0.182. The van der Waals surface area contributed by atoms with Crippen LogP contribution in [0.15, 0.2) is 77.4 Å². The molecule has 0 saturated heterocycles. The lowest BCUT2D eigenvalue weighted by Crippen LogP contribution is -2.42. The molecule has 5 nitrogen and oxygen atoms in total. The van der Waals surface area contributed by atoms with Crippen LogP contribution < -0.4 is 5.32 Å². The van der Waals surface area contributed by atoms with Crippen LogP contribution in [0.5, 0.6) is 0 Å². The minimum Gasteiger partial charge on any atom is -0.467 e. The van der Waals surface area contributed by atoms with Gasteiger partial charge in [-0.2, -0.15) is 0 Å². The van der Waals surface area contributed by atoms with Crippen LogP contribution in [0.25, 0.3) is 0 Å². The lowest BCUT2D eigenvalue weighted by Gasteiger charge is -2.30. The SMILES string of the molecule is CC(=O)N(Cc1ccc(Cl)cc1)[C@@H](C(=O)NCc1ccco1)c1ccccc1. The van der Waals surface area contributed by atoms with Crippen LogP contribution in [0.3, 0.4) is 0 Å². The van der Waals surface area contributed by atoms with Gasteiger partial charge in [0.25, 0.3) is 0 Å². The van der Waals surface area contributed by atoms with Gasteiger partial charge >= 0.3 is 0 Å². The van der Waals surface area contributed by atoms with E-state index in [1.807, 2.05) is 42.5 Å². The van der Waals surface area contributed by atoms with E-state index in [2.05, 4.69) is 5.32 Å². The van der Waals surface area contributed by atoms with E-state index in [0.29, 0.717) is 17.3 Å². The van der Waals surface area contributed by atoms with Crippen LogP contribution in [0, 0.1) is 0 Å². The van der Waals surface area contributed by atoms with E-state index in [1.165, 1.54) is 6.92 Å². The molecule has 0 spiro atoms. The molecular weight excluding hydrogens is 376 g/mol. The summed E-state index contributed by atoms with van der Waals surface area (Å²) < 4.78 is 5.28. The van der Waals surface area contributed by atoms with Crippen molar-refractivity contribution in [2.24, 2.45) is 0 Å². The third-order valence-electron chi connectivity index (χ3n) is 4.36. The first kappa shape index (κ1) is 19.7. The second-order valence-electron chi connectivity index (χ2n) is 6.38. The Bertz CT molecular complexity index is 909. The molecule has 2 aromatic carbocycles. The third-order valence-corrected chi connectivity index (χ3v) is 4.61. The Hall–Kier alpha value is -3.05. The Morgan fingerprint density at radius 2 is 1.75 bits per heavy atom. The molecule has 1 N–H and O–H groups in total. The maximum atomic E-state index is 13.1. The number of carbonyl (C=O) groups is 2. The summed E-state index contributed by atoms with van der Waals surface area (Å²) in [5.41, 5.74) is 1.63. The number of nitrogens with zero attached hydrogens (tertiary/aromatic N) is 1. The second-order valence-corrected chi connectivity index (χ2v) is 6.82. The molecule has 6 heteroatoms. The summed E-state index contributed by atoms with van der Waals surface area (Å²) in [4.78, 5) is 27.1. The van der Waals surface area contributed by atoms with Crippen molar-refractivity contribution >= 4 is 23.4 Å². The number of hydrogen-bond acceptors (Lipinski definition) is 3.